The monoisotopic (exact) mass is 430 g/mol. The highest BCUT2D eigenvalue weighted by Gasteiger charge is 2.30. The van der Waals surface area contributed by atoms with E-state index >= 15 is 0 Å². The van der Waals surface area contributed by atoms with Crippen LogP contribution in [0.25, 0.3) is 22.8 Å². The first kappa shape index (κ1) is 20.5. The Labute approximate surface area is 173 Å². The van der Waals surface area contributed by atoms with Crippen molar-refractivity contribution in [3.8, 4) is 28.7 Å². The van der Waals surface area contributed by atoms with Crippen molar-refractivity contribution in [3.05, 3.63) is 77.6 Å². The molecule has 0 fully saturated rings. The van der Waals surface area contributed by atoms with E-state index in [4.69, 9.17) is 9.26 Å². The van der Waals surface area contributed by atoms with E-state index in [0.29, 0.717) is 16.8 Å². The molecule has 0 radical (unpaired) electrons. The van der Waals surface area contributed by atoms with E-state index in [9.17, 15) is 17.6 Å². The molecule has 6 nitrogen and oxygen atoms in total. The summed E-state index contributed by atoms with van der Waals surface area (Å²) < 4.78 is 62.3. The molecule has 158 valence electrons. The molecule has 0 bridgehead atoms. The first-order valence-electron chi connectivity index (χ1n) is 9.02. The second-order valence-corrected chi connectivity index (χ2v) is 6.56. The fourth-order valence-electron chi connectivity index (χ4n) is 2.74. The number of ether oxygens (including phenoxy) is 1. The lowest BCUT2D eigenvalue weighted by atomic mass is 10.1. The summed E-state index contributed by atoms with van der Waals surface area (Å²) in [6.07, 6.45) is -4.42. The molecule has 10 heteroatoms. The summed E-state index contributed by atoms with van der Waals surface area (Å²) in [6.45, 7) is 1.60. The Morgan fingerprint density at radius 1 is 0.903 bits per heavy atom. The Morgan fingerprint density at radius 2 is 1.68 bits per heavy atom. The molecule has 0 spiro atoms. The number of aromatic nitrogens is 4. The van der Waals surface area contributed by atoms with E-state index in [1.54, 1.807) is 19.1 Å². The molecule has 0 N–H and O–H groups in total. The lowest BCUT2D eigenvalue weighted by Crippen LogP contribution is -2.04. The minimum atomic E-state index is -4.42. The van der Waals surface area contributed by atoms with E-state index in [2.05, 4.69) is 20.1 Å². The maximum atomic E-state index is 13.3. The molecule has 4 rings (SSSR count). The molecule has 0 saturated heterocycles. The number of alkyl halides is 3. The van der Waals surface area contributed by atoms with Crippen molar-refractivity contribution >= 4 is 0 Å². The molecule has 0 amide bonds. The summed E-state index contributed by atoms with van der Waals surface area (Å²) in [5.41, 5.74) is 0.668. The molecule has 4 aromatic rings. The SMILES string of the molecule is Cc1cc(OCc2nc(-c3cccc(F)c3)no2)nc(-c2ccc(C(F)(F)F)cc2)n1. The number of rotatable bonds is 5. The van der Waals surface area contributed by atoms with Gasteiger partial charge in [0.15, 0.2) is 12.4 Å². The summed E-state index contributed by atoms with van der Waals surface area (Å²) in [7, 11) is 0. The van der Waals surface area contributed by atoms with Gasteiger partial charge in [0.1, 0.15) is 5.82 Å². The number of nitrogens with zero attached hydrogens (tertiary/aromatic N) is 4. The predicted octanol–water partition coefficient (Wildman–Crippen LogP) is 5.24. The van der Waals surface area contributed by atoms with Gasteiger partial charge in [-0.2, -0.15) is 23.1 Å². The first-order chi connectivity index (χ1) is 14.8. The van der Waals surface area contributed by atoms with E-state index in [0.717, 1.165) is 12.1 Å². The number of aryl methyl sites for hydroxylation is 1. The van der Waals surface area contributed by atoms with E-state index in [-0.39, 0.29) is 30.0 Å². The van der Waals surface area contributed by atoms with Gasteiger partial charge in [0.25, 0.3) is 5.89 Å². The second-order valence-electron chi connectivity index (χ2n) is 6.56. The normalized spacial score (nSPS) is 11.5. The quantitative estimate of drug-likeness (QED) is 0.403. The van der Waals surface area contributed by atoms with Crippen molar-refractivity contribution in [2.45, 2.75) is 19.7 Å². The van der Waals surface area contributed by atoms with Gasteiger partial charge in [0, 0.05) is 22.9 Å². The standard InChI is InChI=1S/C21H14F4N4O2/c1-12-9-17(27-19(26-12)13-5-7-15(8-6-13)21(23,24)25)30-11-18-28-20(29-31-18)14-3-2-4-16(22)10-14/h2-10H,11H2,1H3. The Bertz CT molecular complexity index is 1210. The summed E-state index contributed by atoms with van der Waals surface area (Å²) in [5, 5.41) is 3.79. The van der Waals surface area contributed by atoms with Gasteiger partial charge in [0.2, 0.25) is 11.7 Å². The third-order valence-electron chi connectivity index (χ3n) is 4.20. The lowest BCUT2D eigenvalue weighted by Gasteiger charge is -2.09. The van der Waals surface area contributed by atoms with Crippen LogP contribution in [0, 0.1) is 12.7 Å². The Kier molecular flexibility index (Phi) is 5.37. The topological polar surface area (TPSA) is 73.9 Å². The van der Waals surface area contributed by atoms with Crippen LogP contribution in [0.1, 0.15) is 17.1 Å². The summed E-state index contributed by atoms with van der Waals surface area (Å²) >= 11 is 0. The van der Waals surface area contributed by atoms with Crippen LogP contribution in [0.4, 0.5) is 17.6 Å². The van der Waals surface area contributed by atoms with Crippen molar-refractivity contribution in [2.24, 2.45) is 0 Å². The third kappa shape index (κ3) is 4.85. The maximum Gasteiger partial charge on any atom is 0.416 e. The largest absolute Gasteiger partial charge is 0.467 e. The van der Waals surface area contributed by atoms with Gasteiger partial charge in [-0.05, 0) is 31.2 Å². The molecule has 2 aromatic carbocycles. The third-order valence-corrected chi connectivity index (χ3v) is 4.20. The molecular formula is C21H14F4N4O2. The zero-order valence-corrected chi connectivity index (χ0v) is 16.0. The number of hydrogen-bond donors (Lipinski definition) is 0. The zero-order chi connectivity index (χ0) is 22.0. The molecule has 31 heavy (non-hydrogen) atoms. The van der Waals surface area contributed by atoms with Gasteiger partial charge in [-0.3, -0.25) is 0 Å². The molecule has 2 aromatic heterocycles. The van der Waals surface area contributed by atoms with Gasteiger partial charge in [-0.15, -0.1) is 0 Å². The van der Waals surface area contributed by atoms with Crippen molar-refractivity contribution in [1.82, 2.24) is 20.1 Å². The molecular weight excluding hydrogens is 416 g/mol. The van der Waals surface area contributed by atoms with Crippen LogP contribution in [0.2, 0.25) is 0 Å². The molecule has 0 unspecified atom stereocenters. The predicted molar refractivity (Wildman–Crippen MR) is 101 cm³/mol. The second kappa shape index (κ2) is 8.13. The van der Waals surface area contributed by atoms with Crippen molar-refractivity contribution in [1.29, 1.82) is 0 Å². The summed E-state index contributed by atoms with van der Waals surface area (Å²) in [6, 6.07) is 11.8. The van der Waals surface area contributed by atoms with E-state index in [1.165, 1.54) is 30.3 Å². The average molecular weight is 430 g/mol. The number of hydrogen-bond acceptors (Lipinski definition) is 6. The maximum absolute atomic E-state index is 13.3. The molecule has 0 aliphatic heterocycles. The van der Waals surface area contributed by atoms with Crippen LogP contribution in [0.5, 0.6) is 5.88 Å². The fraction of sp³-hybridized carbons (Fsp3) is 0.143. The molecule has 0 saturated carbocycles. The van der Waals surface area contributed by atoms with Gasteiger partial charge >= 0.3 is 6.18 Å². The van der Waals surface area contributed by atoms with Crippen LogP contribution in [-0.2, 0) is 12.8 Å². The molecule has 0 aliphatic carbocycles. The Morgan fingerprint density at radius 3 is 2.39 bits per heavy atom. The molecule has 2 heterocycles. The Hall–Kier alpha value is -3.82. The van der Waals surface area contributed by atoms with E-state index < -0.39 is 17.6 Å². The summed E-state index contributed by atoms with van der Waals surface area (Å²) in [4.78, 5) is 12.6. The lowest BCUT2D eigenvalue weighted by molar-refractivity contribution is -0.137. The highest BCUT2D eigenvalue weighted by atomic mass is 19.4. The molecule has 0 aliphatic rings. The van der Waals surface area contributed by atoms with E-state index in [1.807, 2.05) is 0 Å². The number of benzene rings is 2. The Balaban J connectivity index is 1.49. The number of halogens is 4. The van der Waals surface area contributed by atoms with Gasteiger partial charge in [-0.1, -0.05) is 29.4 Å². The first-order valence-corrected chi connectivity index (χ1v) is 9.02. The summed E-state index contributed by atoms with van der Waals surface area (Å²) in [5.74, 6) is 0.337. The van der Waals surface area contributed by atoms with Crippen LogP contribution in [0.15, 0.2) is 59.1 Å². The minimum absolute atomic E-state index is 0.106. The van der Waals surface area contributed by atoms with Crippen LogP contribution >= 0.6 is 0 Å². The van der Waals surface area contributed by atoms with Crippen LogP contribution in [0.3, 0.4) is 0 Å². The highest BCUT2D eigenvalue weighted by molar-refractivity contribution is 5.56. The zero-order valence-electron chi connectivity index (χ0n) is 16.0. The fourth-order valence-corrected chi connectivity index (χ4v) is 2.74. The van der Waals surface area contributed by atoms with Crippen molar-refractivity contribution in [2.75, 3.05) is 0 Å². The van der Waals surface area contributed by atoms with Gasteiger partial charge in [-0.25, -0.2) is 9.37 Å². The average Bonchev–Trinajstić information content (AvgIpc) is 3.21. The van der Waals surface area contributed by atoms with Crippen molar-refractivity contribution < 1.29 is 26.8 Å². The molecule has 0 atom stereocenters. The van der Waals surface area contributed by atoms with Crippen molar-refractivity contribution in [3.63, 3.8) is 0 Å². The smallest absolute Gasteiger partial charge is 0.416 e. The van der Waals surface area contributed by atoms with Crippen LogP contribution in [-0.4, -0.2) is 20.1 Å². The van der Waals surface area contributed by atoms with Crippen LogP contribution < -0.4 is 4.74 Å². The minimum Gasteiger partial charge on any atom is -0.467 e. The van der Waals surface area contributed by atoms with Gasteiger partial charge in [0.05, 0.1) is 5.56 Å². The van der Waals surface area contributed by atoms with Gasteiger partial charge < -0.3 is 9.26 Å². The highest BCUT2D eigenvalue weighted by Crippen LogP contribution is 2.30.